The van der Waals surface area contributed by atoms with Crippen LogP contribution in [0.1, 0.15) is 34.0 Å². The Hall–Kier alpha value is -2.93. The Bertz CT molecular complexity index is 882. The minimum absolute atomic E-state index is 0.0765. The summed E-state index contributed by atoms with van der Waals surface area (Å²) in [6.45, 7) is 7.23. The molecular formula is C24H34FN5O. The van der Waals surface area contributed by atoms with Gasteiger partial charge in [-0.05, 0) is 75.3 Å². The van der Waals surface area contributed by atoms with Gasteiger partial charge in [0.15, 0.2) is 5.96 Å². The standard InChI is InChI=1S/C24H34FN5O/c1-5-26-24(28-12-11-20-9-10-22(25)15-18(20)2)29-17-19-7-6-8-21(16-19)23(31)27-13-14-30(3)4/h6-10,15-16H,5,11-14,17H2,1-4H3,(H,27,31)(H2,26,28,29). The monoisotopic (exact) mass is 427 g/mol. The van der Waals surface area contributed by atoms with E-state index in [0.29, 0.717) is 31.2 Å². The summed E-state index contributed by atoms with van der Waals surface area (Å²) in [5.41, 5.74) is 3.66. The predicted octanol–water partition coefficient (Wildman–Crippen LogP) is 2.72. The van der Waals surface area contributed by atoms with Crippen LogP contribution < -0.4 is 16.0 Å². The van der Waals surface area contributed by atoms with E-state index in [2.05, 4.69) is 20.9 Å². The summed E-state index contributed by atoms with van der Waals surface area (Å²) >= 11 is 0. The Balaban J connectivity index is 1.92. The van der Waals surface area contributed by atoms with Crippen molar-refractivity contribution in [2.24, 2.45) is 4.99 Å². The first-order valence-corrected chi connectivity index (χ1v) is 10.7. The maximum Gasteiger partial charge on any atom is 0.251 e. The average Bonchev–Trinajstić information content (AvgIpc) is 2.73. The first kappa shape index (κ1) is 24.3. The number of hydrogen-bond donors (Lipinski definition) is 3. The lowest BCUT2D eigenvalue weighted by Gasteiger charge is -2.13. The Morgan fingerprint density at radius 2 is 1.87 bits per heavy atom. The van der Waals surface area contributed by atoms with Crippen LogP contribution in [0.25, 0.3) is 0 Å². The zero-order chi connectivity index (χ0) is 22.6. The van der Waals surface area contributed by atoms with Crippen molar-refractivity contribution in [2.45, 2.75) is 26.8 Å². The number of carbonyl (C=O) groups excluding carboxylic acids is 1. The lowest BCUT2D eigenvalue weighted by Crippen LogP contribution is -2.38. The highest BCUT2D eigenvalue weighted by molar-refractivity contribution is 5.94. The van der Waals surface area contributed by atoms with E-state index < -0.39 is 0 Å². The molecule has 0 aromatic heterocycles. The molecule has 31 heavy (non-hydrogen) atoms. The van der Waals surface area contributed by atoms with Crippen LogP contribution >= 0.6 is 0 Å². The number of nitrogens with one attached hydrogen (secondary N) is 3. The molecule has 0 heterocycles. The fourth-order valence-corrected chi connectivity index (χ4v) is 3.07. The van der Waals surface area contributed by atoms with Gasteiger partial charge in [0.2, 0.25) is 0 Å². The third-order valence-corrected chi connectivity index (χ3v) is 4.79. The van der Waals surface area contributed by atoms with E-state index >= 15 is 0 Å². The molecule has 0 unspecified atom stereocenters. The molecule has 0 saturated heterocycles. The highest BCUT2D eigenvalue weighted by Gasteiger charge is 2.06. The van der Waals surface area contributed by atoms with E-state index in [-0.39, 0.29) is 11.7 Å². The van der Waals surface area contributed by atoms with Gasteiger partial charge in [-0.15, -0.1) is 0 Å². The molecular weight excluding hydrogens is 393 g/mol. The summed E-state index contributed by atoms with van der Waals surface area (Å²) < 4.78 is 13.3. The van der Waals surface area contributed by atoms with E-state index in [9.17, 15) is 9.18 Å². The lowest BCUT2D eigenvalue weighted by atomic mass is 10.1. The molecule has 0 aliphatic heterocycles. The average molecular weight is 428 g/mol. The van der Waals surface area contributed by atoms with Crippen LogP contribution in [0.4, 0.5) is 4.39 Å². The number of nitrogens with zero attached hydrogens (tertiary/aromatic N) is 2. The van der Waals surface area contributed by atoms with Crippen LogP contribution in [-0.2, 0) is 13.0 Å². The molecule has 2 aromatic carbocycles. The van der Waals surface area contributed by atoms with E-state index in [1.165, 1.54) is 6.07 Å². The fraction of sp³-hybridized carbons (Fsp3) is 0.417. The minimum Gasteiger partial charge on any atom is -0.357 e. The van der Waals surface area contributed by atoms with Crippen LogP contribution in [0.2, 0.25) is 0 Å². The first-order valence-electron chi connectivity index (χ1n) is 10.7. The second kappa shape index (κ2) is 12.7. The Kier molecular flexibility index (Phi) is 9.97. The van der Waals surface area contributed by atoms with Gasteiger partial charge in [-0.2, -0.15) is 0 Å². The smallest absolute Gasteiger partial charge is 0.251 e. The first-order chi connectivity index (χ1) is 14.9. The van der Waals surface area contributed by atoms with Crippen molar-refractivity contribution < 1.29 is 9.18 Å². The maximum absolute atomic E-state index is 13.3. The van der Waals surface area contributed by atoms with Gasteiger partial charge in [0.05, 0.1) is 6.54 Å². The quantitative estimate of drug-likeness (QED) is 0.403. The highest BCUT2D eigenvalue weighted by Crippen LogP contribution is 2.10. The summed E-state index contributed by atoms with van der Waals surface area (Å²) in [7, 11) is 3.95. The molecule has 168 valence electrons. The number of aliphatic imine (C=N–C) groups is 1. The SMILES string of the molecule is CCNC(=NCc1cccc(C(=O)NCCN(C)C)c1)NCCc1ccc(F)cc1C. The zero-order valence-corrected chi connectivity index (χ0v) is 19.0. The molecule has 0 saturated carbocycles. The number of likely N-dealkylation sites (N-methyl/N-ethyl adjacent to an activating group) is 1. The molecule has 6 nitrogen and oxygen atoms in total. The third-order valence-electron chi connectivity index (χ3n) is 4.79. The van der Waals surface area contributed by atoms with Crippen molar-refractivity contribution in [1.29, 1.82) is 0 Å². The van der Waals surface area contributed by atoms with Crippen molar-refractivity contribution in [2.75, 3.05) is 40.3 Å². The number of aryl methyl sites for hydroxylation is 1. The molecule has 1 amide bonds. The number of rotatable bonds is 10. The molecule has 0 aliphatic carbocycles. The molecule has 7 heteroatoms. The number of benzene rings is 2. The Morgan fingerprint density at radius 3 is 2.58 bits per heavy atom. The van der Waals surface area contributed by atoms with Crippen molar-refractivity contribution in [3.8, 4) is 0 Å². The van der Waals surface area contributed by atoms with Crippen LogP contribution in [0, 0.1) is 12.7 Å². The van der Waals surface area contributed by atoms with Crippen molar-refractivity contribution in [3.63, 3.8) is 0 Å². The van der Waals surface area contributed by atoms with E-state index in [1.54, 1.807) is 6.07 Å². The van der Waals surface area contributed by atoms with Gasteiger partial charge < -0.3 is 20.9 Å². The van der Waals surface area contributed by atoms with E-state index in [4.69, 9.17) is 0 Å². The molecule has 2 aromatic rings. The summed E-state index contributed by atoms with van der Waals surface area (Å²) in [6, 6.07) is 12.4. The largest absolute Gasteiger partial charge is 0.357 e. The van der Waals surface area contributed by atoms with Crippen molar-refractivity contribution >= 4 is 11.9 Å². The fourth-order valence-electron chi connectivity index (χ4n) is 3.07. The number of halogens is 1. The maximum atomic E-state index is 13.3. The van der Waals surface area contributed by atoms with Gasteiger partial charge >= 0.3 is 0 Å². The third kappa shape index (κ3) is 8.76. The second-order valence-corrected chi connectivity index (χ2v) is 7.70. The summed E-state index contributed by atoms with van der Waals surface area (Å²) in [5.74, 6) is 0.424. The van der Waals surface area contributed by atoms with Gasteiger partial charge in [0.1, 0.15) is 5.82 Å². The number of guanidine groups is 1. The Morgan fingerprint density at radius 1 is 1.06 bits per heavy atom. The summed E-state index contributed by atoms with van der Waals surface area (Å²) in [5, 5.41) is 9.48. The molecule has 2 rings (SSSR count). The summed E-state index contributed by atoms with van der Waals surface area (Å²) in [6.07, 6.45) is 0.777. The second-order valence-electron chi connectivity index (χ2n) is 7.70. The molecule has 3 N–H and O–H groups in total. The molecule has 0 spiro atoms. The van der Waals surface area contributed by atoms with E-state index in [0.717, 1.165) is 36.2 Å². The normalized spacial score (nSPS) is 11.5. The molecule has 0 aliphatic rings. The highest BCUT2D eigenvalue weighted by atomic mass is 19.1. The Labute approximate surface area is 184 Å². The number of amides is 1. The minimum atomic E-state index is -0.210. The molecule has 0 atom stereocenters. The molecule has 0 bridgehead atoms. The zero-order valence-electron chi connectivity index (χ0n) is 19.0. The van der Waals surface area contributed by atoms with Crippen molar-refractivity contribution in [1.82, 2.24) is 20.9 Å². The number of hydrogen-bond acceptors (Lipinski definition) is 3. The van der Waals surface area contributed by atoms with Gasteiger partial charge in [-0.25, -0.2) is 9.38 Å². The number of carbonyl (C=O) groups is 1. The molecule has 0 fully saturated rings. The van der Waals surface area contributed by atoms with E-state index in [1.807, 2.05) is 63.2 Å². The van der Waals surface area contributed by atoms with Crippen LogP contribution in [0.3, 0.4) is 0 Å². The van der Waals surface area contributed by atoms with Crippen LogP contribution in [-0.4, -0.2) is 57.0 Å². The van der Waals surface area contributed by atoms with Crippen molar-refractivity contribution in [3.05, 3.63) is 70.5 Å². The van der Waals surface area contributed by atoms with Gasteiger partial charge in [0, 0.05) is 31.7 Å². The van der Waals surface area contributed by atoms with Crippen LogP contribution in [0.15, 0.2) is 47.5 Å². The predicted molar refractivity (Wildman–Crippen MR) is 125 cm³/mol. The van der Waals surface area contributed by atoms with Gasteiger partial charge in [-0.1, -0.05) is 18.2 Å². The summed E-state index contributed by atoms with van der Waals surface area (Å²) in [4.78, 5) is 19.0. The lowest BCUT2D eigenvalue weighted by molar-refractivity contribution is 0.0951. The van der Waals surface area contributed by atoms with Crippen LogP contribution in [0.5, 0.6) is 0 Å². The molecule has 0 radical (unpaired) electrons. The van der Waals surface area contributed by atoms with Gasteiger partial charge in [0.25, 0.3) is 5.91 Å². The van der Waals surface area contributed by atoms with Gasteiger partial charge in [-0.3, -0.25) is 4.79 Å². The topological polar surface area (TPSA) is 68.8 Å².